The molecule has 0 aliphatic rings. The van der Waals surface area contributed by atoms with E-state index in [1.54, 1.807) is 6.07 Å². The van der Waals surface area contributed by atoms with Crippen molar-refractivity contribution >= 4 is 27.4 Å². The molecule has 0 atom stereocenters. The molecule has 2 rings (SSSR count). The first-order chi connectivity index (χ1) is 9.79. The van der Waals surface area contributed by atoms with Gasteiger partial charge in [0, 0.05) is 12.3 Å². The maximum Gasteiger partial charge on any atom is 0.244 e. The molecule has 114 valence electrons. The quantitative estimate of drug-likeness (QED) is 0.866. The smallest absolute Gasteiger partial charge is 0.244 e. The number of sulfonamides is 1. The minimum Gasteiger partial charge on any atom is -0.383 e. The Morgan fingerprint density at radius 1 is 1.43 bits per heavy atom. The monoisotopic (exact) mass is 330 g/mol. The van der Waals surface area contributed by atoms with Crippen LogP contribution in [-0.2, 0) is 16.6 Å². The Kier molecular flexibility index (Phi) is 4.50. The predicted molar refractivity (Wildman–Crippen MR) is 78.3 cm³/mol. The summed E-state index contributed by atoms with van der Waals surface area (Å²) in [6.07, 6.45) is 1.28. The van der Waals surface area contributed by atoms with Gasteiger partial charge in [-0.25, -0.2) is 18.1 Å². The van der Waals surface area contributed by atoms with Gasteiger partial charge >= 0.3 is 0 Å². The van der Waals surface area contributed by atoms with Crippen LogP contribution in [0.2, 0.25) is 5.02 Å². The molecule has 0 aliphatic heterocycles. The Morgan fingerprint density at radius 3 is 2.76 bits per heavy atom. The number of nitrogens with zero attached hydrogens (tertiary/aromatic N) is 2. The molecule has 0 aromatic carbocycles. The number of rotatable bonds is 5. The van der Waals surface area contributed by atoms with Crippen LogP contribution in [0.5, 0.6) is 0 Å². The Bertz CT molecular complexity index is 743. The number of nitrogen functional groups attached to an aromatic ring is 1. The second kappa shape index (κ2) is 6.00. The van der Waals surface area contributed by atoms with Crippen LogP contribution in [0.25, 0.3) is 0 Å². The second-order valence-electron chi connectivity index (χ2n) is 4.73. The third-order valence-electron chi connectivity index (χ3n) is 2.74. The average Bonchev–Trinajstić information content (AvgIpc) is 2.88. The van der Waals surface area contributed by atoms with Gasteiger partial charge in [0.25, 0.3) is 0 Å². The number of nitrogens with one attached hydrogen (secondary N) is 1. The van der Waals surface area contributed by atoms with Crippen LogP contribution >= 0.6 is 11.6 Å². The van der Waals surface area contributed by atoms with E-state index in [9.17, 15) is 8.42 Å². The summed E-state index contributed by atoms with van der Waals surface area (Å²) in [6.45, 7) is 3.89. The van der Waals surface area contributed by atoms with Crippen LogP contribution < -0.4 is 10.5 Å². The molecule has 0 radical (unpaired) electrons. The van der Waals surface area contributed by atoms with Crippen LogP contribution in [0, 0.1) is 0 Å². The van der Waals surface area contributed by atoms with Gasteiger partial charge < -0.3 is 10.3 Å². The number of nitrogens with two attached hydrogens (primary N) is 1. The van der Waals surface area contributed by atoms with Gasteiger partial charge in [0.15, 0.2) is 5.76 Å². The summed E-state index contributed by atoms with van der Waals surface area (Å²) >= 11 is 5.74. The molecule has 0 amide bonds. The van der Waals surface area contributed by atoms with Crippen LogP contribution in [0.15, 0.2) is 27.7 Å². The van der Waals surface area contributed by atoms with E-state index in [4.69, 9.17) is 21.9 Å². The number of pyridine rings is 1. The van der Waals surface area contributed by atoms with Crippen molar-refractivity contribution < 1.29 is 12.9 Å². The molecular weight excluding hydrogens is 316 g/mol. The molecule has 0 unspecified atom stereocenters. The number of hydrogen-bond donors (Lipinski definition) is 2. The molecule has 3 N–H and O–H groups in total. The Balaban J connectivity index is 2.15. The molecule has 0 spiro atoms. The summed E-state index contributed by atoms with van der Waals surface area (Å²) in [5.41, 5.74) is 6.32. The number of hydrogen-bond acceptors (Lipinski definition) is 6. The molecule has 0 saturated carbocycles. The Hall–Kier alpha value is -1.64. The first-order valence-electron chi connectivity index (χ1n) is 6.16. The van der Waals surface area contributed by atoms with E-state index in [0.717, 1.165) is 5.69 Å². The van der Waals surface area contributed by atoms with Crippen molar-refractivity contribution in [2.45, 2.75) is 31.2 Å². The van der Waals surface area contributed by atoms with E-state index in [-0.39, 0.29) is 28.2 Å². The molecule has 2 aromatic rings. The van der Waals surface area contributed by atoms with Crippen molar-refractivity contribution in [2.24, 2.45) is 0 Å². The summed E-state index contributed by atoms with van der Waals surface area (Å²) in [6, 6.07) is 2.94. The topological polar surface area (TPSA) is 111 Å². The predicted octanol–water partition coefficient (Wildman–Crippen LogP) is 1.91. The third-order valence-corrected chi connectivity index (χ3v) is 4.38. The minimum absolute atomic E-state index is 0.0337. The van der Waals surface area contributed by atoms with Crippen molar-refractivity contribution in [2.75, 3.05) is 5.73 Å². The normalized spacial score (nSPS) is 12.0. The first-order valence-corrected chi connectivity index (χ1v) is 8.02. The fourth-order valence-corrected chi connectivity index (χ4v) is 2.90. The van der Waals surface area contributed by atoms with Gasteiger partial charge in [0.05, 0.1) is 17.3 Å². The third kappa shape index (κ3) is 3.72. The number of halogens is 1. The van der Waals surface area contributed by atoms with E-state index in [1.807, 2.05) is 13.8 Å². The summed E-state index contributed by atoms with van der Waals surface area (Å²) in [5.74, 6) is 0.495. The van der Waals surface area contributed by atoms with E-state index in [1.165, 1.54) is 12.3 Å². The van der Waals surface area contributed by atoms with Gasteiger partial charge in [0.1, 0.15) is 10.7 Å². The maximum atomic E-state index is 12.2. The Labute approximate surface area is 127 Å². The molecule has 21 heavy (non-hydrogen) atoms. The molecule has 9 heteroatoms. The fourth-order valence-electron chi connectivity index (χ4n) is 1.57. The summed E-state index contributed by atoms with van der Waals surface area (Å²) in [4.78, 5) is 3.55. The standard InChI is InChI=1S/C12H15ClN4O3S/c1-7(2)10-4-9(20-17-10)6-16-21(18,19)11-3-8(13)5-15-12(11)14/h3-5,7,16H,6H2,1-2H3,(H2,14,15). The number of anilines is 1. The lowest BCUT2D eigenvalue weighted by atomic mass is 10.1. The minimum atomic E-state index is -3.83. The maximum absolute atomic E-state index is 12.2. The summed E-state index contributed by atoms with van der Waals surface area (Å²) < 4.78 is 31.8. The zero-order chi connectivity index (χ0) is 15.6. The molecule has 0 aliphatic carbocycles. The van der Waals surface area contributed by atoms with Crippen LogP contribution in [-0.4, -0.2) is 18.6 Å². The molecule has 0 saturated heterocycles. The van der Waals surface area contributed by atoms with Crippen molar-refractivity contribution in [1.29, 1.82) is 0 Å². The first kappa shape index (κ1) is 15.7. The zero-order valence-corrected chi connectivity index (χ0v) is 13.1. The van der Waals surface area contributed by atoms with E-state index in [0.29, 0.717) is 5.76 Å². The van der Waals surface area contributed by atoms with Crippen molar-refractivity contribution in [1.82, 2.24) is 14.9 Å². The molecule has 0 bridgehead atoms. The van der Waals surface area contributed by atoms with Crippen molar-refractivity contribution in [3.8, 4) is 0 Å². The molecule has 7 nitrogen and oxygen atoms in total. The summed E-state index contributed by atoms with van der Waals surface area (Å²) in [7, 11) is -3.83. The highest BCUT2D eigenvalue weighted by Crippen LogP contribution is 2.20. The second-order valence-corrected chi connectivity index (χ2v) is 6.91. The highest BCUT2D eigenvalue weighted by molar-refractivity contribution is 7.89. The zero-order valence-electron chi connectivity index (χ0n) is 11.5. The van der Waals surface area contributed by atoms with Gasteiger partial charge in [-0.3, -0.25) is 0 Å². The molecule has 2 heterocycles. The largest absolute Gasteiger partial charge is 0.383 e. The van der Waals surface area contributed by atoms with Gasteiger partial charge in [-0.1, -0.05) is 30.6 Å². The van der Waals surface area contributed by atoms with Crippen LogP contribution in [0.4, 0.5) is 5.82 Å². The van der Waals surface area contributed by atoms with Crippen LogP contribution in [0.1, 0.15) is 31.2 Å². The van der Waals surface area contributed by atoms with Gasteiger partial charge in [0.2, 0.25) is 10.0 Å². The van der Waals surface area contributed by atoms with E-state index >= 15 is 0 Å². The number of aromatic nitrogens is 2. The fraction of sp³-hybridized carbons (Fsp3) is 0.333. The van der Waals surface area contributed by atoms with Crippen LogP contribution in [0.3, 0.4) is 0 Å². The van der Waals surface area contributed by atoms with E-state index in [2.05, 4.69) is 14.9 Å². The van der Waals surface area contributed by atoms with Gasteiger partial charge in [-0.2, -0.15) is 0 Å². The summed E-state index contributed by atoms with van der Waals surface area (Å²) in [5, 5.41) is 4.04. The molecule has 2 aromatic heterocycles. The lowest BCUT2D eigenvalue weighted by Gasteiger charge is -2.07. The highest BCUT2D eigenvalue weighted by Gasteiger charge is 2.20. The van der Waals surface area contributed by atoms with Gasteiger partial charge in [-0.05, 0) is 12.0 Å². The lowest BCUT2D eigenvalue weighted by Crippen LogP contribution is -2.24. The lowest BCUT2D eigenvalue weighted by molar-refractivity contribution is 0.372. The van der Waals surface area contributed by atoms with Crippen molar-refractivity contribution in [3.05, 3.63) is 34.8 Å². The Morgan fingerprint density at radius 2 is 2.14 bits per heavy atom. The van der Waals surface area contributed by atoms with Gasteiger partial charge in [-0.15, -0.1) is 0 Å². The highest BCUT2D eigenvalue weighted by atomic mass is 35.5. The SMILES string of the molecule is CC(C)c1cc(CNS(=O)(=O)c2cc(Cl)cnc2N)on1. The molecular formula is C12H15ClN4O3S. The molecule has 0 fully saturated rings. The average molecular weight is 331 g/mol. The van der Waals surface area contributed by atoms with Crippen molar-refractivity contribution in [3.63, 3.8) is 0 Å². The van der Waals surface area contributed by atoms with E-state index < -0.39 is 10.0 Å².